The summed E-state index contributed by atoms with van der Waals surface area (Å²) in [5.74, 6) is -2.99. The third kappa shape index (κ3) is 4.73. The van der Waals surface area contributed by atoms with Gasteiger partial charge in [0.2, 0.25) is 17.8 Å². The lowest BCUT2D eigenvalue weighted by Crippen LogP contribution is -2.56. The van der Waals surface area contributed by atoms with Crippen LogP contribution in [0, 0.1) is 11.8 Å². The van der Waals surface area contributed by atoms with Gasteiger partial charge in [-0.05, 0) is 36.8 Å². The van der Waals surface area contributed by atoms with E-state index >= 15 is 4.39 Å². The van der Waals surface area contributed by atoms with E-state index in [1.54, 1.807) is 6.92 Å². The molecule has 0 bridgehead atoms. The molecular formula is C23H23ClF2N4O3. The SMILES string of the molecule is C=CC(=O)N1CCN(C(C)=O)[C@@H](c2cc(Cl)cc(-c3cc(F)nc(C(=O)NC)c3)c2F)[C@@H]1C. The first-order chi connectivity index (χ1) is 15.6. The zero-order valence-electron chi connectivity index (χ0n) is 18.4. The van der Waals surface area contributed by atoms with E-state index in [-0.39, 0.29) is 52.3 Å². The average Bonchev–Trinajstić information content (AvgIpc) is 2.78. The molecule has 3 amide bonds. The monoisotopic (exact) mass is 476 g/mol. The van der Waals surface area contributed by atoms with Gasteiger partial charge in [0.25, 0.3) is 5.91 Å². The topological polar surface area (TPSA) is 82.6 Å². The summed E-state index contributed by atoms with van der Waals surface area (Å²) in [4.78, 5) is 43.2. The number of carbonyl (C=O) groups is 3. The zero-order valence-corrected chi connectivity index (χ0v) is 19.1. The van der Waals surface area contributed by atoms with Gasteiger partial charge >= 0.3 is 0 Å². The number of nitrogens with zero attached hydrogens (tertiary/aromatic N) is 3. The highest BCUT2D eigenvalue weighted by molar-refractivity contribution is 6.31. The standard InChI is InChI=1S/C23H23ClF2N4O3/c1-5-20(32)29-6-7-30(13(3)31)22(12(29)2)17-11-15(24)10-16(21(17)26)14-8-18(23(33)27-4)28-19(25)9-14/h5,8-12,22H,1,6-7H2,2-4H3,(H,27,33)/t12-,22+/m0/s1. The van der Waals surface area contributed by atoms with E-state index in [1.165, 1.54) is 42.0 Å². The number of hydrogen-bond acceptors (Lipinski definition) is 4. The Hall–Kier alpha value is -3.33. The van der Waals surface area contributed by atoms with Crippen molar-refractivity contribution in [2.75, 3.05) is 20.1 Å². The minimum atomic E-state index is -0.967. The van der Waals surface area contributed by atoms with Crippen LogP contribution in [0.15, 0.2) is 36.9 Å². The predicted molar refractivity (Wildman–Crippen MR) is 119 cm³/mol. The third-order valence-corrected chi connectivity index (χ3v) is 5.90. The van der Waals surface area contributed by atoms with Gasteiger partial charge in [-0.25, -0.2) is 9.37 Å². The number of piperazine rings is 1. The molecule has 1 aliphatic rings. The number of hydrogen-bond donors (Lipinski definition) is 1. The van der Waals surface area contributed by atoms with Crippen molar-refractivity contribution in [1.82, 2.24) is 20.1 Å². The molecule has 174 valence electrons. The fourth-order valence-corrected chi connectivity index (χ4v) is 4.36. The van der Waals surface area contributed by atoms with E-state index in [1.807, 2.05) is 0 Å². The molecular weight excluding hydrogens is 454 g/mol. The Kier molecular flexibility index (Phi) is 7.12. The molecule has 2 aromatic rings. The van der Waals surface area contributed by atoms with Crippen LogP contribution in [-0.2, 0) is 9.59 Å². The van der Waals surface area contributed by atoms with Crippen LogP contribution in [0.25, 0.3) is 11.1 Å². The molecule has 0 saturated carbocycles. The highest BCUT2D eigenvalue weighted by Crippen LogP contribution is 2.38. The van der Waals surface area contributed by atoms with Gasteiger partial charge in [-0.1, -0.05) is 18.2 Å². The van der Waals surface area contributed by atoms with Gasteiger partial charge in [0.1, 0.15) is 11.5 Å². The van der Waals surface area contributed by atoms with Crippen molar-refractivity contribution in [3.8, 4) is 11.1 Å². The lowest BCUT2D eigenvalue weighted by Gasteiger charge is -2.46. The van der Waals surface area contributed by atoms with Crippen molar-refractivity contribution in [1.29, 1.82) is 0 Å². The maximum absolute atomic E-state index is 15.9. The average molecular weight is 477 g/mol. The van der Waals surface area contributed by atoms with Crippen LogP contribution >= 0.6 is 11.6 Å². The summed E-state index contributed by atoms with van der Waals surface area (Å²) < 4.78 is 30.1. The van der Waals surface area contributed by atoms with Gasteiger partial charge in [-0.15, -0.1) is 0 Å². The lowest BCUT2D eigenvalue weighted by atomic mass is 9.91. The number of halogens is 3. The molecule has 7 nitrogen and oxygen atoms in total. The number of amides is 3. The fraction of sp³-hybridized carbons (Fsp3) is 0.304. The Morgan fingerprint density at radius 3 is 2.45 bits per heavy atom. The van der Waals surface area contributed by atoms with E-state index in [9.17, 15) is 18.8 Å². The molecule has 1 fully saturated rings. The second kappa shape index (κ2) is 9.66. The zero-order chi connectivity index (χ0) is 24.4. The van der Waals surface area contributed by atoms with E-state index in [0.29, 0.717) is 0 Å². The minimum Gasteiger partial charge on any atom is -0.354 e. The summed E-state index contributed by atoms with van der Waals surface area (Å²) in [5, 5.41) is 2.49. The maximum atomic E-state index is 15.9. The van der Waals surface area contributed by atoms with Crippen molar-refractivity contribution in [2.45, 2.75) is 25.9 Å². The van der Waals surface area contributed by atoms with Crippen LogP contribution in [0.1, 0.15) is 35.9 Å². The first kappa shape index (κ1) is 24.3. The summed E-state index contributed by atoms with van der Waals surface area (Å²) in [5.41, 5.74) is -0.168. The highest BCUT2D eigenvalue weighted by Gasteiger charge is 2.39. The highest BCUT2D eigenvalue weighted by atomic mass is 35.5. The Balaban J connectivity index is 2.19. The molecule has 1 N–H and O–H groups in total. The molecule has 1 aliphatic heterocycles. The second-order valence-corrected chi connectivity index (χ2v) is 8.07. The number of benzene rings is 1. The molecule has 0 unspecified atom stereocenters. The molecule has 1 saturated heterocycles. The van der Waals surface area contributed by atoms with E-state index < -0.39 is 29.8 Å². The molecule has 1 aromatic carbocycles. The summed E-state index contributed by atoms with van der Waals surface area (Å²) in [7, 11) is 1.36. The van der Waals surface area contributed by atoms with Crippen LogP contribution in [0.3, 0.4) is 0 Å². The lowest BCUT2D eigenvalue weighted by molar-refractivity contribution is -0.143. The Labute approximate surface area is 195 Å². The Morgan fingerprint density at radius 1 is 1.18 bits per heavy atom. The fourth-order valence-electron chi connectivity index (χ4n) is 4.13. The van der Waals surface area contributed by atoms with Crippen molar-refractivity contribution in [3.63, 3.8) is 0 Å². The number of nitrogens with one attached hydrogen (secondary N) is 1. The quantitative estimate of drug-likeness (QED) is 0.542. The van der Waals surface area contributed by atoms with Crippen LogP contribution < -0.4 is 5.32 Å². The Morgan fingerprint density at radius 2 is 1.85 bits per heavy atom. The van der Waals surface area contributed by atoms with Crippen LogP contribution in [0.2, 0.25) is 5.02 Å². The van der Waals surface area contributed by atoms with Crippen molar-refractivity contribution in [3.05, 3.63) is 65.0 Å². The number of aromatic nitrogens is 1. The predicted octanol–water partition coefficient (Wildman–Crippen LogP) is 3.35. The summed E-state index contributed by atoms with van der Waals surface area (Å²) in [6.07, 6.45) is 1.16. The van der Waals surface area contributed by atoms with E-state index in [2.05, 4.69) is 16.9 Å². The number of pyridine rings is 1. The van der Waals surface area contributed by atoms with Crippen LogP contribution in [-0.4, -0.2) is 58.7 Å². The van der Waals surface area contributed by atoms with Gasteiger partial charge in [-0.3, -0.25) is 14.4 Å². The van der Waals surface area contributed by atoms with Gasteiger partial charge < -0.3 is 15.1 Å². The minimum absolute atomic E-state index is 0.0548. The van der Waals surface area contributed by atoms with Gasteiger partial charge in [0.05, 0.1) is 12.1 Å². The smallest absolute Gasteiger partial charge is 0.269 e. The Bertz CT molecular complexity index is 1140. The molecule has 0 aliphatic carbocycles. The molecule has 0 radical (unpaired) electrons. The van der Waals surface area contributed by atoms with Crippen LogP contribution in [0.5, 0.6) is 0 Å². The molecule has 2 atom stereocenters. The first-order valence-corrected chi connectivity index (χ1v) is 10.6. The normalized spacial score (nSPS) is 18.1. The summed E-state index contributed by atoms with van der Waals surface area (Å²) in [6.45, 7) is 7.03. The number of carbonyl (C=O) groups excluding carboxylic acids is 3. The van der Waals surface area contributed by atoms with Crippen molar-refractivity contribution < 1.29 is 23.2 Å². The van der Waals surface area contributed by atoms with Crippen LogP contribution in [0.4, 0.5) is 8.78 Å². The molecule has 2 heterocycles. The number of rotatable bonds is 4. The summed E-state index contributed by atoms with van der Waals surface area (Å²) in [6, 6.07) is 3.50. The first-order valence-electron chi connectivity index (χ1n) is 10.2. The van der Waals surface area contributed by atoms with E-state index in [0.717, 1.165) is 12.1 Å². The maximum Gasteiger partial charge on any atom is 0.269 e. The van der Waals surface area contributed by atoms with E-state index in [4.69, 9.17) is 11.6 Å². The largest absolute Gasteiger partial charge is 0.354 e. The molecule has 3 rings (SSSR count). The summed E-state index contributed by atoms with van der Waals surface area (Å²) >= 11 is 6.31. The van der Waals surface area contributed by atoms with Crippen molar-refractivity contribution >= 4 is 29.3 Å². The second-order valence-electron chi connectivity index (χ2n) is 7.63. The van der Waals surface area contributed by atoms with Gasteiger partial charge in [0, 0.05) is 49.3 Å². The van der Waals surface area contributed by atoms with Gasteiger partial charge in [0.15, 0.2) is 0 Å². The molecule has 1 aromatic heterocycles. The molecule has 10 heteroatoms. The third-order valence-electron chi connectivity index (χ3n) is 5.68. The van der Waals surface area contributed by atoms with Crippen molar-refractivity contribution in [2.24, 2.45) is 0 Å². The molecule has 0 spiro atoms. The molecule has 33 heavy (non-hydrogen) atoms. The van der Waals surface area contributed by atoms with Gasteiger partial charge in [-0.2, -0.15) is 4.39 Å².